The molecule has 28 heavy (non-hydrogen) atoms. The van der Waals surface area contributed by atoms with E-state index in [0.717, 1.165) is 17.7 Å². The van der Waals surface area contributed by atoms with Crippen molar-refractivity contribution < 1.29 is 14.5 Å². The van der Waals surface area contributed by atoms with E-state index in [0.29, 0.717) is 36.6 Å². The van der Waals surface area contributed by atoms with Gasteiger partial charge in [0.15, 0.2) is 0 Å². The summed E-state index contributed by atoms with van der Waals surface area (Å²) in [7, 11) is 0. The molecule has 7 nitrogen and oxygen atoms in total. The maximum absolute atomic E-state index is 12.4. The molecule has 0 spiro atoms. The van der Waals surface area contributed by atoms with Crippen LogP contribution in [0.3, 0.4) is 0 Å². The summed E-state index contributed by atoms with van der Waals surface area (Å²) in [6.45, 7) is 4.95. The minimum absolute atomic E-state index is 0.0588. The molecule has 7 heteroatoms. The summed E-state index contributed by atoms with van der Waals surface area (Å²) in [6.07, 6.45) is 2.04. The number of hydrogen-bond donors (Lipinski definition) is 1. The molecule has 0 radical (unpaired) electrons. The molecule has 2 aromatic carbocycles. The normalized spacial score (nSPS) is 13.4. The smallest absolute Gasteiger partial charge is 0.269 e. The number of amides is 2. The number of non-ortho nitro benzene ring substituents is 1. The topological polar surface area (TPSA) is 92.6 Å². The number of nitrogens with one attached hydrogen (secondary N) is 1. The Kier molecular flexibility index (Phi) is 5.73. The summed E-state index contributed by atoms with van der Waals surface area (Å²) < 4.78 is 0. The molecule has 0 aliphatic carbocycles. The second kappa shape index (κ2) is 8.21. The van der Waals surface area contributed by atoms with Gasteiger partial charge in [-0.15, -0.1) is 0 Å². The number of nitro benzene ring substituents is 1. The van der Waals surface area contributed by atoms with Gasteiger partial charge in [0.1, 0.15) is 0 Å². The van der Waals surface area contributed by atoms with Gasteiger partial charge in [0.05, 0.1) is 4.92 Å². The lowest BCUT2D eigenvalue weighted by atomic mass is 9.99. The van der Waals surface area contributed by atoms with E-state index in [-0.39, 0.29) is 17.5 Å². The van der Waals surface area contributed by atoms with Crippen LogP contribution in [0, 0.1) is 16.0 Å². The molecule has 2 amide bonds. The minimum Gasteiger partial charge on any atom is -0.322 e. The maximum atomic E-state index is 12.4. The number of nitrogens with zero attached hydrogens (tertiary/aromatic N) is 2. The standard InChI is InChI=1S/C21H23N3O4/c1-14(2)11-12-23-19-9-6-17(13-16(19)5-10-20(23)25)22-21(26)15-3-7-18(8-4-15)24(27)28/h3-4,6-9,13-14H,5,10-12H2,1-2H3,(H,22,26). The lowest BCUT2D eigenvalue weighted by Gasteiger charge is -2.30. The molecular weight excluding hydrogens is 358 g/mol. The highest BCUT2D eigenvalue weighted by Gasteiger charge is 2.24. The van der Waals surface area contributed by atoms with E-state index in [1.54, 1.807) is 6.07 Å². The first-order valence-electron chi connectivity index (χ1n) is 9.34. The van der Waals surface area contributed by atoms with Crippen molar-refractivity contribution in [3.05, 3.63) is 63.7 Å². The van der Waals surface area contributed by atoms with E-state index in [9.17, 15) is 19.7 Å². The van der Waals surface area contributed by atoms with Crippen LogP contribution in [0.15, 0.2) is 42.5 Å². The molecule has 0 saturated heterocycles. The fourth-order valence-corrected chi connectivity index (χ4v) is 3.21. The predicted molar refractivity (Wildman–Crippen MR) is 108 cm³/mol. The van der Waals surface area contributed by atoms with Gasteiger partial charge in [-0.1, -0.05) is 13.8 Å². The highest BCUT2D eigenvalue weighted by molar-refractivity contribution is 6.05. The second-order valence-corrected chi connectivity index (χ2v) is 7.33. The fraction of sp³-hybridized carbons (Fsp3) is 0.333. The summed E-state index contributed by atoms with van der Waals surface area (Å²) in [5, 5.41) is 13.5. The van der Waals surface area contributed by atoms with Crippen LogP contribution < -0.4 is 10.2 Å². The van der Waals surface area contributed by atoms with Crippen molar-refractivity contribution in [2.45, 2.75) is 33.1 Å². The van der Waals surface area contributed by atoms with E-state index in [1.165, 1.54) is 24.3 Å². The van der Waals surface area contributed by atoms with Gasteiger partial charge < -0.3 is 10.2 Å². The van der Waals surface area contributed by atoms with Crippen LogP contribution in [0.25, 0.3) is 0 Å². The Bertz CT molecular complexity index is 906. The maximum Gasteiger partial charge on any atom is 0.269 e. The molecule has 0 fully saturated rings. The Hall–Kier alpha value is -3.22. The number of nitro groups is 1. The lowest BCUT2D eigenvalue weighted by Crippen LogP contribution is -2.36. The Morgan fingerprint density at radius 3 is 2.54 bits per heavy atom. The van der Waals surface area contributed by atoms with Crippen LogP contribution >= 0.6 is 0 Å². The number of carbonyl (C=O) groups is 2. The third-order valence-corrected chi connectivity index (χ3v) is 4.81. The zero-order valence-corrected chi connectivity index (χ0v) is 16.0. The first-order valence-corrected chi connectivity index (χ1v) is 9.34. The first-order chi connectivity index (χ1) is 13.3. The lowest BCUT2D eigenvalue weighted by molar-refractivity contribution is -0.384. The molecule has 1 N–H and O–H groups in total. The van der Waals surface area contributed by atoms with Crippen LogP contribution in [0.4, 0.5) is 17.1 Å². The zero-order chi connectivity index (χ0) is 20.3. The van der Waals surface area contributed by atoms with Gasteiger partial charge in [-0.3, -0.25) is 19.7 Å². The van der Waals surface area contributed by atoms with Crippen molar-refractivity contribution in [2.24, 2.45) is 5.92 Å². The third kappa shape index (κ3) is 4.36. The number of aryl methyl sites for hydroxylation is 1. The van der Waals surface area contributed by atoms with E-state index in [1.807, 2.05) is 17.0 Å². The van der Waals surface area contributed by atoms with Gasteiger partial charge in [0, 0.05) is 42.0 Å². The highest BCUT2D eigenvalue weighted by atomic mass is 16.6. The van der Waals surface area contributed by atoms with E-state index in [2.05, 4.69) is 19.2 Å². The minimum atomic E-state index is -0.502. The molecule has 0 saturated carbocycles. The van der Waals surface area contributed by atoms with Crippen molar-refractivity contribution in [1.82, 2.24) is 0 Å². The molecule has 0 unspecified atom stereocenters. The molecule has 0 aromatic heterocycles. The average molecular weight is 381 g/mol. The quantitative estimate of drug-likeness (QED) is 0.600. The van der Waals surface area contributed by atoms with Crippen LogP contribution in [0.1, 0.15) is 42.6 Å². The first kappa shape index (κ1) is 19.5. The van der Waals surface area contributed by atoms with Crippen molar-refractivity contribution in [2.75, 3.05) is 16.8 Å². The monoisotopic (exact) mass is 381 g/mol. The molecule has 3 rings (SSSR count). The molecule has 1 aliphatic rings. The molecule has 0 bridgehead atoms. The molecule has 1 aliphatic heterocycles. The number of rotatable bonds is 6. The summed E-state index contributed by atoms with van der Waals surface area (Å²) in [5.41, 5.74) is 2.86. The zero-order valence-electron chi connectivity index (χ0n) is 16.0. The van der Waals surface area contributed by atoms with Crippen LogP contribution in [0.2, 0.25) is 0 Å². The molecule has 1 heterocycles. The van der Waals surface area contributed by atoms with E-state index < -0.39 is 4.92 Å². The van der Waals surface area contributed by atoms with Gasteiger partial charge in [-0.25, -0.2) is 0 Å². The third-order valence-electron chi connectivity index (χ3n) is 4.81. The Balaban J connectivity index is 1.75. The van der Waals surface area contributed by atoms with Crippen LogP contribution in [0.5, 0.6) is 0 Å². The largest absolute Gasteiger partial charge is 0.322 e. The second-order valence-electron chi connectivity index (χ2n) is 7.33. The van der Waals surface area contributed by atoms with E-state index >= 15 is 0 Å². The Morgan fingerprint density at radius 2 is 1.89 bits per heavy atom. The number of carbonyl (C=O) groups excluding carboxylic acids is 2. The van der Waals surface area contributed by atoms with Crippen molar-refractivity contribution in [3.8, 4) is 0 Å². The van der Waals surface area contributed by atoms with Gasteiger partial charge in [0.25, 0.3) is 11.6 Å². The number of anilines is 2. The Labute approximate surface area is 163 Å². The number of benzene rings is 2. The van der Waals surface area contributed by atoms with Crippen molar-refractivity contribution in [3.63, 3.8) is 0 Å². The SMILES string of the molecule is CC(C)CCN1C(=O)CCc2cc(NC(=O)c3ccc([N+](=O)[O-])cc3)ccc21. The summed E-state index contributed by atoms with van der Waals surface area (Å²) in [4.78, 5) is 36.8. The fourth-order valence-electron chi connectivity index (χ4n) is 3.21. The molecular formula is C21H23N3O4. The molecule has 146 valence electrons. The van der Waals surface area contributed by atoms with E-state index in [4.69, 9.17) is 0 Å². The number of fused-ring (bicyclic) bond motifs is 1. The molecule has 2 aromatic rings. The van der Waals surface area contributed by atoms with Crippen LogP contribution in [-0.4, -0.2) is 23.3 Å². The number of hydrogen-bond acceptors (Lipinski definition) is 4. The van der Waals surface area contributed by atoms with Gasteiger partial charge >= 0.3 is 0 Å². The van der Waals surface area contributed by atoms with Gasteiger partial charge in [0.2, 0.25) is 5.91 Å². The highest BCUT2D eigenvalue weighted by Crippen LogP contribution is 2.31. The van der Waals surface area contributed by atoms with Crippen molar-refractivity contribution in [1.29, 1.82) is 0 Å². The Morgan fingerprint density at radius 1 is 1.18 bits per heavy atom. The summed E-state index contributed by atoms with van der Waals surface area (Å²) >= 11 is 0. The predicted octanol–water partition coefficient (Wildman–Crippen LogP) is 4.17. The van der Waals surface area contributed by atoms with Crippen LogP contribution in [-0.2, 0) is 11.2 Å². The average Bonchev–Trinajstić information content (AvgIpc) is 2.67. The molecule has 0 atom stereocenters. The summed E-state index contributed by atoms with van der Waals surface area (Å²) in [6, 6.07) is 11.0. The summed E-state index contributed by atoms with van der Waals surface area (Å²) in [5.74, 6) is 0.313. The van der Waals surface area contributed by atoms with Gasteiger partial charge in [-0.2, -0.15) is 0 Å². The van der Waals surface area contributed by atoms with Gasteiger partial charge in [-0.05, 0) is 54.7 Å². The van der Waals surface area contributed by atoms with Crippen molar-refractivity contribution >= 4 is 28.9 Å².